The maximum absolute atomic E-state index is 11.3. The van der Waals surface area contributed by atoms with E-state index in [4.69, 9.17) is 4.74 Å². The second kappa shape index (κ2) is 6.88. The normalized spacial score (nSPS) is 10.5. The van der Waals surface area contributed by atoms with Crippen LogP contribution in [0.5, 0.6) is 5.75 Å². The number of pyridine rings is 1. The SMILES string of the molecule is COC(=O)c1ccc(COc2ccc(C(C)C)cc2)nc1. The van der Waals surface area contributed by atoms with Gasteiger partial charge in [-0.15, -0.1) is 0 Å². The van der Waals surface area contributed by atoms with Gasteiger partial charge < -0.3 is 9.47 Å². The van der Waals surface area contributed by atoms with Gasteiger partial charge in [0, 0.05) is 6.20 Å². The Hall–Kier alpha value is -2.36. The third kappa shape index (κ3) is 4.05. The number of rotatable bonds is 5. The lowest BCUT2D eigenvalue weighted by molar-refractivity contribution is 0.0600. The summed E-state index contributed by atoms with van der Waals surface area (Å²) in [6, 6.07) is 11.5. The number of ether oxygens (including phenoxy) is 2. The van der Waals surface area contributed by atoms with Crippen LogP contribution in [0, 0.1) is 0 Å². The fourth-order valence-corrected chi connectivity index (χ4v) is 1.85. The van der Waals surface area contributed by atoms with Crippen molar-refractivity contribution >= 4 is 5.97 Å². The first-order chi connectivity index (χ1) is 10.1. The number of carbonyl (C=O) groups excluding carboxylic acids is 1. The van der Waals surface area contributed by atoms with Gasteiger partial charge in [-0.3, -0.25) is 4.98 Å². The van der Waals surface area contributed by atoms with Crippen LogP contribution in [-0.4, -0.2) is 18.1 Å². The lowest BCUT2D eigenvalue weighted by Crippen LogP contribution is -2.04. The molecule has 2 rings (SSSR count). The van der Waals surface area contributed by atoms with E-state index in [2.05, 4.69) is 35.7 Å². The predicted molar refractivity (Wildman–Crippen MR) is 80.4 cm³/mol. The van der Waals surface area contributed by atoms with Gasteiger partial charge in [0.05, 0.1) is 18.4 Å². The van der Waals surface area contributed by atoms with Crippen molar-refractivity contribution < 1.29 is 14.3 Å². The van der Waals surface area contributed by atoms with Crippen molar-refractivity contribution in [1.29, 1.82) is 0 Å². The van der Waals surface area contributed by atoms with Crippen LogP contribution in [0.25, 0.3) is 0 Å². The second-order valence-electron chi connectivity index (χ2n) is 5.04. The summed E-state index contributed by atoms with van der Waals surface area (Å²) in [6.45, 7) is 4.67. The average Bonchev–Trinajstić information content (AvgIpc) is 2.53. The van der Waals surface area contributed by atoms with E-state index in [1.54, 1.807) is 12.1 Å². The van der Waals surface area contributed by atoms with Crippen molar-refractivity contribution in [3.8, 4) is 5.75 Å². The van der Waals surface area contributed by atoms with Gasteiger partial charge in [0.1, 0.15) is 12.4 Å². The van der Waals surface area contributed by atoms with E-state index in [1.165, 1.54) is 18.9 Å². The van der Waals surface area contributed by atoms with Crippen LogP contribution in [0.4, 0.5) is 0 Å². The van der Waals surface area contributed by atoms with Gasteiger partial charge in [-0.05, 0) is 35.7 Å². The number of nitrogens with zero attached hydrogens (tertiary/aromatic N) is 1. The zero-order valence-corrected chi connectivity index (χ0v) is 12.5. The summed E-state index contributed by atoms with van der Waals surface area (Å²) in [5.74, 6) is 0.920. The molecule has 0 aliphatic carbocycles. The van der Waals surface area contributed by atoms with Crippen molar-refractivity contribution in [1.82, 2.24) is 4.98 Å². The summed E-state index contributed by atoms with van der Waals surface area (Å²) in [5, 5.41) is 0. The van der Waals surface area contributed by atoms with Crippen LogP contribution >= 0.6 is 0 Å². The predicted octanol–water partition coefficient (Wildman–Crippen LogP) is 3.57. The van der Waals surface area contributed by atoms with E-state index in [-0.39, 0.29) is 5.97 Å². The van der Waals surface area contributed by atoms with Gasteiger partial charge in [-0.1, -0.05) is 26.0 Å². The Labute approximate surface area is 124 Å². The number of carbonyl (C=O) groups is 1. The van der Waals surface area contributed by atoms with Crippen molar-refractivity contribution in [3.05, 3.63) is 59.4 Å². The van der Waals surface area contributed by atoms with Crippen LogP contribution in [0.2, 0.25) is 0 Å². The lowest BCUT2D eigenvalue weighted by Gasteiger charge is -2.09. The Balaban J connectivity index is 1.95. The number of aromatic nitrogens is 1. The number of methoxy groups -OCH3 is 1. The summed E-state index contributed by atoms with van der Waals surface area (Å²) in [4.78, 5) is 15.5. The number of esters is 1. The molecule has 0 bridgehead atoms. The summed E-state index contributed by atoms with van der Waals surface area (Å²) in [5.41, 5.74) is 2.47. The quantitative estimate of drug-likeness (QED) is 0.788. The average molecular weight is 285 g/mol. The molecule has 110 valence electrons. The van der Waals surface area contributed by atoms with Crippen LogP contribution in [0.15, 0.2) is 42.6 Å². The molecule has 0 atom stereocenters. The monoisotopic (exact) mass is 285 g/mol. The molecule has 0 aliphatic rings. The Morgan fingerprint density at radius 1 is 1.14 bits per heavy atom. The molecular formula is C17H19NO3. The third-order valence-electron chi connectivity index (χ3n) is 3.18. The molecule has 0 saturated heterocycles. The van der Waals surface area contributed by atoms with Gasteiger partial charge in [-0.25, -0.2) is 4.79 Å². The molecule has 0 spiro atoms. The molecule has 0 N–H and O–H groups in total. The van der Waals surface area contributed by atoms with Gasteiger partial charge in [0.2, 0.25) is 0 Å². The molecule has 0 aliphatic heterocycles. The third-order valence-corrected chi connectivity index (χ3v) is 3.18. The Bertz CT molecular complexity index is 588. The first-order valence-corrected chi connectivity index (χ1v) is 6.86. The van der Waals surface area contributed by atoms with Crippen molar-refractivity contribution in [2.45, 2.75) is 26.4 Å². The molecule has 2 aromatic rings. The minimum Gasteiger partial charge on any atom is -0.487 e. The van der Waals surface area contributed by atoms with Gasteiger partial charge in [-0.2, -0.15) is 0 Å². The second-order valence-corrected chi connectivity index (χ2v) is 5.04. The summed E-state index contributed by atoms with van der Waals surface area (Å²) >= 11 is 0. The molecule has 0 unspecified atom stereocenters. The highest BCUT2D eigenvalue weighted by Crippen LogP contribution is 2.19. The molecule has 21 heavy (non-hydrogen) atoms. The zero-order chi connectivity index (χ0) is 15.2. The van der Waals surface area contributed by atoms with Crippen LogP contribution in [0.3, 0.4) is 0 Å². The summed E-state index contributed by atoms with van der Waals surface area (Å²) in [7, 11) is 1.35. The maximum atomic E-state index is 11.3. The van der Waals surface area contributed by atoms with Crippen molar-refractivity contribution in [3.63, 3.8) is 0 Å². The lowest BCUT2D eigenvalue weighted by atomic mass is 10.0. The van der Waals surface area contributed by atoms with E-state index in [9.17, 15) is 4.79 Å². The minimum atomic E-state index is -0.390. The molecule has 4 heteroatoms. The molecule has 0 saturated carbocycles. The fourth-order valence-electron chi connectivity index (χ4n) is 1.85. The summed E-state index contributed by atoms with van der Waals surface area (Å²) in [6.07, 6.45) is 1.49. The molecule has 1 heterocycles. The molecular weight excluding hydrogens is 266 g/mol. The molecule has 1 aromatic carbocycles. The zero-order valence-electron chi connectivity index (χ0n) is 12.5. The Kier molecular flexibility index (Phi) is 4.93. The highest BCUT2D eigenvalue weighted by molar-refractivity contribution is 5.88. The molecule has 4 nitrogen and oxygen atoms in total. The van der Waals surface area contributed by atoms with E-state index in [0.717, 1.165) is 11.4 Å². The van der Waals surface area contributed by atoms with E-state index >= 15 is 0 Å². The molecule has 0 fully saturated rings. The number of benzene rings is 1. The highest BCUT2D eigenvalue weighted by Gasteiger charge is 2.06. The molecule has 0 radical (unpaired) electrons. The molecule has 0 amide bonds. The van der Waals surface area contributed by atoms with Crippen molar-refractivity contribution in [2.75, 3.05) is 7.11 Å². The highest BCUT2D eigenvalue weighted by atomic mass is 16.5. The topological polar surface area (TPSA) is 48.4 Å². The van der Waals surface area contributed by atoms with Crippen LogP contribution in [-0.2, 0) is 11.3 Å². The maximum Gasteiger partial charge on any atom is 0.339 e. The number of hydrogen-bond acceptors (Lipinski definition) is 4. The van der Waals surface area contributed by atoms with Gasteiger partial charge in [0.25, 0.3) is 0 Å². The molecule has 1 aromatic heterocycles. The van der Waals surface area contributed by atoms with Crippen LogP contribution < -0.4 is 4.74 Å². The van der Waals surface area contributed by atoms with Gasteiger partial charge in [0.15, 0.2) is 0 Å². The first-order valence-electron chi connectivity index (χ1n) is 6.86. The van der Waals surface area contributed by atoms with Gasteiger partial charge >= 0.3 is 5.97 Å². The first kappa shape index (κ1) is 15.0. The Morgan fingerprint density at radius 3 is 2.38 bits per heavy atom. The Morgan fingerprint density at radius 2 is 1.86 bits per heavy atom. The smallest absolute Gasteiger partial charge is 0.339 e. The largest absolute Gasteiger partial charge is 0.487 e. The summed E-state index contributed by atoms with van der Waals surface area (Å²) < 4.78 is 10.3. The fraction of sp³-hybridized carbons (Fsp3) is 0.294. The van der Waals surface area contributed by atoms with E-state index < -0.39 is 0 Å². The standard InChI is InChI=1S/C17H19NO3/c1-12(2)13-5-8-16(9-6-13)21-11-15-7-4-14(10-18-15)17(19)20-3/h4-10,12H,11H2,1-3H3. The number of hydrogen-bond donors (Lipinski definition) is 0. The van der Waals surface area contributed by atoms with E-state index in [0.29, 0.717) is 18.1 Å². The van der Waals surface area contributed by atoms with Crippen molar-refractivity contribution in [2.24, 2.45) is 0 Å². The van der Waals surface area contributed by atoms with Crippen LogP contribution in [0.1, 0.15) is 41.4 Å². The van der Waals surface area contributed by atoms with E-state index in [1.807, 2.05) is 12.1 Å². The minimum absolute atomic E-state index is 0.364.